The third-order valence-corrected chi connectivity index (χ3v) is 5.28. The van der Waals surface area contributed by atoms with Gasteiger partial charge >= 0.3 is 0 Å². The molecule has 2 rings (SSSR count). The maximum atomic E-state index is 12.5. The Labute approximate surface area is 160 Å². The molecule has 0 bridgehead atoms. The Kier molecular flexibility index (Phi) is 7.01. The van der Waals surface area contributed by atoms with Crippen molar-refractivity contribution in [1.29, 1.82) is 0 Å². The van der Waals surface area contributed by atoms with Gasteiger partial charge in [-0.3, -0.25) is 9.52 Å². The predicted octanol–water partition coefficient (Wildman–Crippen LogP) is 3.96. The minimum absolute atomic E-state index is 0.0449. The molecular formula is C20H24N2O4S. The number of carbonyl (C=O) groups excluding carboxylic acids is 1. The van der Waals surface area contributed by atoms with Gasteiger partial charge in [-0.25, -0.2) is 8.42 Å². The fourth-order valence-corrected chi connectivity index (χ4v) is 3.62. The molecule has 0 atom stereocenters. The molecule has 0 aliphatic carbocycles. The first-order chi connectivity index (χ1) is 12.9. The average Bonchev–Trinajstić information content (AvgIpc) is 2.63. The molecule has 2 N–H and O–H groups in total. The van der Waals surface area contributed by atoms with Crippen LogP contribution in [0.4, 0.5) is 11.4 Å². The first-order valence-electron chi connectivity index (χ1n) is 8.61. The molecule has 2 aromatic rings. The molecule has 0 heterocycles. The first-order valence-corrected chi connectivity index (χ1v) is 10.3. The topological polar surface area (TPSA) is 84.5 Å². The number of anilines is 2. The van der Waals surface area contributed by atoms with E-state index in [9.17, 15) is 13.2 Å². The van der Waals surface area contributed by atoms with Gasteiger partial charge in [-0.2, -0.15) is 0 Å². The van der Waals surface area contributed by atoms with Gasteiger partial charge in [-0.05, 0) is 55.3 Å². The highest BCUT2D eigenvalue weighted by Gasteiger charge is 2.14. The third-order valence-electron chi connectivity index (χ3n) is 3.80. The Balaban J connectivity index is 2.14. The zero-order valence-corrected chi connectivity index (χ0v) is 16.3. The number of hydrogen-bond acceptors (Lipinski definition) is 4. The van der Waals surface area contributed by atoms with E-state index >= 15 is 0 Å². The Morgan fingerprint density at radius 1 is 1.15 bits per heavy atom. The lowest BCUT2D eigenvalue weighted by atomic mass is 10.1. The maximum absolute atomic E-state index is 12.5. The van der Waals surface area contributed by atoms with Crippen LogP contribution in [0.3, 0.4) is 0 Å². The molecule has 144 valence electrons. The molecule has 0 aliphatic rings. The van der Waals surface area contributed by atoms with Crippen molar-refractivity contribution in [3.63, 3.8) is 0 Å². The van der Waals surface area contributed by atoms with E-state index in [0.717, 1.165) is 0 Å². The molecular weight excluding hydrogens is 364 g/mol. The minimum Gasteiger partial charge on any atom is -0.490 e. The van der Waals surface area contributed by atoms with E-state index in [0.29, 0.717) is 41.3 Å². The fourth-order valence-electron chi connectivity index (χ4n) is 2.42. The highest BCUT2D eigenvalue weighted by Crippen LogP contribution is 2.25. The van der Waals surface area contributed by atoms with Crippen molar-refractivity contribution in [2.24, 2.45) is 0 Å². The predicted molar refractivity (Wildman–Crippen MR) is 109 cm³/mol. The summed E-state index contributed by atoms with van der Waals surface area (Å²) in [5.74, 6) is 0.403. The highest BCUT2D eigenvalue weighted by atomic mass is 32.2. The van der Waals surface area contributed by atoms with Gasteiger partial charge in [0.2, 0.25) is 10.0 Å². The summed E-state index contributed by atoms with van der Waals surface area (Å²) in [5.41, 5.74) is 2.12. The molecule has 7 heteroatoms. The minimum atomic E-state index is -3.40. The van der Waals surface area contributed by atoms with Crippen LogP contribution < -0.4 is 14.8 Å². The number of ether oxygens (including phenoxy) is 1. The van der Waals surface area contributed by atoms with E-state index in [1.165, 1.54) is 0 Å². The lowest BCUT2D eigenvalue weighted by Gasteiger charge is -2.14. The van der Waals surface area contributed by atoms with Gasteiger partial charge in [-0.15, -0.1) is 0 Å². The summed E-state index contributed by atoms with van der Waals surface area (Å²) in [7, 11) is -3.40. The van der Waals surface area contributed by atoms with Crippen molar-refractivity contribution in [3.8, 4) is 5.75 Å². The van der Waals surface area contributed by atoms with Gasteiger partial charge in [0, 0.05) is 11.3 Å². The number of hydrogen-bond donors (Lipinski definition) is 2. The molecule has 0 radical (unpaired) electrons. The fraction of sp³-hybridized carbons (Fsp3) is 0.250. The molecule has 2 aromatic carbocycles. The van der Waals surface area contributed by atoms with Crippen LogP contribution in [0.15, 0.2) is 55.1 Å². The summed E-state index contributed by atoms with van der Waals surface area (Å²) in [5, 5.41) is 2.82. The number of sulfonamides is 1. The van der Waals surface area contributed by atoms with E-state index in [1.54, 1.807) is 62.4 Å². The molecule has 0 aliphatic heterocycles. The van der Waals surface area contributed by atoms with Crippen LogP contribution in [-0.2, 0) is 10.0 Å². The SMILES string of the molecule is C=CCOc1ccc(C(=O)Nc2cccc(NS(=O)(=O)CCC)c2C)cc1. The lowest BCUT2D eigenvalue weighted by Crippen LogP contribution is -2.18. The molecule has 1 amide bonds. The van der Waals surface area contributed by atoms with Gasteiger partial charge in [0.1, 0.15) is 12.4 Å². The smallest absolute Gasteiger partial charge is 0.255 e. The Morgan fingerprint density at radius 3 is 2.44 bits per heavy atom. The zero-order chi connectivity index (χ0) is 19.9. The molecule has 0 fully saturated rings. The molecule has 0 saturated heterocycles. The molecule has 0 spiro atoms. The van der Waals surface area contributed by atoms with Crippen LogP contribution in [-0.4, -0.2) is 26.7 Å². The van der Waals surface area contributed by atoms with Gasteiger partial charge in [-0.1, -0.05) is 25.6 Å². The van der Waals surface area contributed by atoms with E-state index in [1.807, 2.05) is 0 Å². The standard InChI is InChI=1S/C20H24N2O4S/c1-4-13-26-17-11-9-16(10-12-17)20(23)21-18-7-6-8-19(15(18)3)22-27(24,25)14-5-2/h4,6-12,22H,1,5,13-14H2,2-3H3,(H,21,23). The molecule has 27 heavy (non-hydrogen) atoms. The molecule has 0 unspecified atom stereocenters. The van der Waals surface area contributed by atoms with Crippen molar-refractivity contribution in [3.05, 3.63) is 66.2 Å². The van der Waals surface area contributed by atoms with Gasteiger partial charge in [0.05, 0.1) is 11.4 Å². The first kappa shape index (κ1) is 20.5. The van der Waals surface area contributed by atoms with Crippen molar-refractivity contribution in [2.75, 3.05) is 22.4 Å². The van der Waals surface area contributed by atoms with Gasteiger partial charge in [0.25, 0.3) is 5.91 Å². The zero-order valence-electron chi connectivity index (χ0n) is 15.5. The quantitative estimate of drug-likeness (QED) is 0.637. The normalized spacial score (nSPS) is 10.9. The molecule has 0 aromatic heterocycles. The van der Waals surface area contributed by atoms with Crippen molar-refractivity contribution in [1.82, 2.24) is 0 Å². The average molecular weight is 388 g/mol. The van der Waals surface area contributed by atoms with Crippen molar-refractivity contribution >= 4 is 27.3 Å². The third kappa shape index (κ3) is 5.86. The lowest BCUT2D eigenvalue weighted by molar-refractivity contribution is 0.102. The van der Waals surface area contributed by atoms with Crippen LogP contribution in [0, 0.1) is 6.92 Å². The largest absolute Gasteiger partial charge is 0.490 e. The number of benzene rings is 2. The summed E-state index contributed by atoms with van der Waals surface area (Å²) in [6.07, 6.45) is 2.17. The monoisotopic (exact) mass is 388 g/mol. The second-order valence-corrected chi connectivity index (χ2v) is 7.82. The highest BCUT2D eigenvalue weighted by molar-refractivity contribution is 7.92. The van der Waals surface area contributed by atoms with Gasteiger partial charge < -0.3 is 10.1 Å². The number of nitrogens with one attached hydrogen (secondary N) is 2. The van der Waals surface area contributed by atoms with E-state index in [2.05, 4.69) is 16.6 Å². The van der Waals surface area contributed by atoms with Crippen molar-refractivity contribution in [2.45, 2.75) is 20.3 Å². The Hall–Kier alpha value is -2.80. The number of carbonyl (C=O) groups is 1. The number of amides is 1. The summed E-state index contributed by atoms with van der Waals surface area (Å²) < 4.78 is 32.0. The van der Waals surface area contributed by atoms with E-state index < -0.39 is 10.0 Å². The van der Waals surface area contributed by atoms with Gasteiger partial charge in [0.15, 0.2) is 0 Å². The Morgan fingerprint density at radius 2 is 1.81 bits per heavy atom. The Bertz CT molecular complexity index is 906. The van der Waals surface area contributed by atoms with Crippen LogP contribution in [0.2, 0.25) is 0 Å². The van der Waals surface area contributed by atoms with Crippen molar-refractivity contribution < 1.29 is 17.9 Å². The summed E-state index contributed by atoms with van der Waals surface area (Å²) in [4.78, 5) is 12.5. The second-order valence-electron chi connectivity index (χ2n) is 5.98. The van der Waals surface area contributed by atoms with E-state index in [4.69, 9.17) is 4.74 Å². The summed E-state index contributed by atoms with van der Waals surface area (Å²) in [6, 6.07) is 11.8. The second kappa shape index (κ2) is 9.23. The molecule has 6 nitrogen and oxygen atoms in total. The summed E-state index contributed by atoms with van der Waals surface area (Å²) in [6.45, 7) is 7.54. The maximum Gasteiger partial charge on any atom is 0.255 e. The number of rotatable bonds is 9. The van der Waals surface area contributed by atoms with Crippen LogP contribution >= 0.6 is 0 Å². The van der Waals surface area contributed by atoms with E-state index in [-0.39, 0.29) is 11.7 Å². The van der Waals surface area contributed by atoms with Crippen LogP contribution in [0.1, 0.15) is 29.3 Å². The van der Waals surface area contributed by atoms with Crippen LogP contribution in [0.25, 0.3) is 0 Å². The summed E-state index contributed by atoms with van der Waals surface area (Å²) >= 11 is 0. The molecule has 0 saturated carbocycles. The van der Waals surface area contributed by atoms with Crippen LogP contribution in [0.5, 0.6) is 5.75 Å².